The first kappa shape index (κ1) is 15.7. The number of benzene rings is 1. The van der Waals surface area contributed by atoms with Gasteiger partial charge in [0.25, 0.3) is 0 Å². The lowest BCUT2D eigenvalue weighted by molar-refractivity contribution is 0.250. The van der Waals surface area contributed by atoms with Crippen LogP contribution < -0.4 is 5.32 Å². The van der Waals surface area contributed by atoms with Crippen molar-refractivity contribution in [3.63, 3.8) is 0 Å². The smallest absolute Gasteiger partial charge is 0.134 e. The average molecular weight is 291 g/mol. The highest BCUT2D eigenvalue weighted by Crippen LogP contribution is 2.22. The Balaban J connectivity index is 1.87. The zero-order valence-corrected chi connectivity index (χ0v) is 12.3. The number of rotatable bonds is 8. The van der Waals surface area contributed by atoms with Crippen LogP contribution in [-0.4, -0.2) is 18.3 Å². The van der Waals surface area contributed by atoms with Gasteiger partial charge in [-0.2, -0.15) is 0 Å². The quantitative estimate of drug-likeness (QED) is 0.781. The molecule has 0 fully saturated rings. The number of furan rings is 1. The summed E-state index contributed by atoms with van der Waals surface area (Å²) in [6, 6.07) is 10.1. The van der Waals surface area contributed by atoms with Crippen LogP contribution in [0, 0.1) is 11.7 Å². The first-order chi connectivity index (χ1) is 10.2. The third-order valence-electron chi connectivity index (χ3n) is 3.64. The molecule has 1 heterocycles. The molecule has 0 aliphatic rings. The van der Waals surface area contributed by atoms with Gasteiger partial charge in [-0.1, -0.05) is 13.3 Å². The molecule has 1 aromatic carbocycles. The van der Waals surface area contributed by atoms with Crippen LogP contribution in [0.2, 0.25) is 0 Å². The van der Waals surface area contributed by atoms with E-state index in [1.807, 2.05) is 12.1 Å². The van der Waals surface area contributed by atoms with Crippen molar-refractivity contribution >= 4 is 0 Å². The Kier molecular flexibility index (Phi) is 5.96. The summed E-state index contributed by atoms with van der Waals surface area (Å²) in [6.07, 6.45) is 1.87. The van der Waals surface area contributed by atoms with E-state index in [1.165, 1.54) is 12.1 Å². The Labute approximate surface area is 124 Å². The van der Waals surface area contributed by atoms with Crippen molar-refractivity contribution in [2.75, 3.05) is 13.2 Å². The summed E-state index contributed by atoms with van der Waals surface area (Å²) in [7, 11) is 0. The summed E-state index contributed by atoms with van der Waals surface area (Å²) in [5, 5.41) is 12.3. The average Bonchev–Trinajstić information content (AvgIpc) is 2.96. The van der Waals surface area contributed by atoms with Gasteiger partial charge in [0.1, 0.15) is 17.3 Å². The molecule has 2 aromatic rings. The van der Waals surface area contributed by atoms with Crippen LogP contribution in [0.25, 0.3) is 11.3 Å². The third-order valence-corrected chi connectivity index (χ3v) is 3.64. The Morgan fingerprint density at radius 3 is 2.62 bits per heavy atom. The number of halogens is 1. The minimum atomic E-state index is -0.248. The number of nitrogens with one attached hydrogen (secondary N) is 1. The predicted octanol–water partition coefficient (Wildman–Crippen LogP) is 3.58. The fourth-order valence-corrected chi connectivity index (χ4v) is 2.27. The van der Waals surface area contributed by atoms with Crippen LogP contribution in [0.3, 0.4) is 0 Å². The van der Waals surface area contributed by atoms with Gasteiger partial charge in [0.05, 0.1) is 6.54 Å². The lowest BCUT2D eigenvalue weighted by Crippen LogP contribution is -2.22. The number of aliphatic hydroxyl groups is 1. The zero-order valence-electron chi connectivity index (χ0n) is 12.3. The molecule has 21 heavy (non-hydrogen) atoms. The van der Waals surface area contributed by atoms with Gasteiger partial charge >= 0.3 is 0 Å². The van der Waals surface area contributed by atoms with E-state index in [2.05, 4.69) is 12.2 Å². The van der Waals surface area contributed by atoms with Crippen LogP contribution >= 0.6 is 0 Å². The normalized spacial score (nSPS) is 12.5. The molecule has 2 rings (SSSR count). The molecule has 1 atom stereocenters. The lowest BCUT2D eigenvalue weighted by atomic mass is 10.0. The maximum atomic E-state index is 12.9. The molecule has 3 nitrogen and oxygen atoms in total. The molecule has 0 saturated carbocycles. The molecule has 4 heteroatoms. The predicted molar refractivity (Wildman–Crippen MR) is 81.3 cm³/mol. The van der Waals surface area contributed by atoms with Crippen molar-refractivity contribution < 1.29 is 13.9 Å². The second-order valence-corrected chi connectivity index (χ2v) is 5.19. The molecule has 0 bridgehead atoms. The van der Waals surface area contributed by atoms with Gasteiger partial charge in [-0.15, -0.1) is 0 Å². The van der Waals surface area contributed by atoms with Gasteiger partial charge in [0.2, 0.25) is 0 Å². The first-order valence-corrected chi connectivity index (χ1v) is 7.39. The van der Waals surface area contributed by atoms with E-state index in [0.29, 0.717) is 12.5 Å². The zero-order chi connectivity index (χ0) is 15.1. The van der Waals surface area contributed by atoms with Crippen molar-refractivity contribution in [3.05, 3.63) is 48.0 Å². The summed E-state index contributed by atoms with van der Waals surface area (Å²) < 4.78 is 18.6. The maximum Gasteiger partial charge on any atom is 0.134 e. The fraction of sp³-hybridized carbons (Fsp3) is 0.412. The molecule has 0 aliphatic heterocycles. The maximum absolute atomic E-state index is 12.9. The molecule has 1 aromatic heterocycles. The van der Waals surface area contributed by atoms with Crippen molar-refractivity contribution in [2.45, 2.75) is 26.3 Å². The molecule has 0 amide bonds. The molecule has 0 saturated heterocycles. The highest BCUT2D eigenvalue weighted by Gasteiger charge is 2.07. The van der Waals surface area contributed by atoms with E-state index < -0.39 is 0 Å². The second-order valence-electron chi connectivity index (χ2n) is 5.19. The third kappa shape index (κ3) is 4.69. The van der Waals surface area contributed by atoms with E-state index in [4.69, 9.17) is 9.52 Å². The van der Waals surface area contributed by atoms with Crippen molar-refractivity contribution in [3.8, 4) is 11.3 Å². The Hall–Kier alpha value is -1.65. The summed E-state index contributed by atoms with van der Waals surface area (Å²) in [4.78, 5) is 0. The van der Waals surface area contributed by atoms with E-state index >= 15 is 0 Å². The molecule has 0 aliphatic carbocycles. The Morgan fingerprint density at radius 2 is 1.95 bits per heavy atom. The van der Waals surface area contributed by atoms with Crippen LogP contribution in [0.4, 0.5) is 4.39 Å². The van der Waals surface area contributed by atoms with Gasteiger partial charge in [0, 0.05) is 12.2 Å². The van der Waals surface area contributed by atoms with Gasteiger partial charge in [-0.3, -0.25) is 0 Å². The minimum absolute atomic E-state index is 0.232. The molecule has 114 valence electrons. The van der Waals surface area contributed by atoms with E-state index in [9.17, 15) is 4.39 Å². The number of hydrogen-bond donors (Lipinski definition) is 2. The van der Waals surface area contributed by atoms with Gasteiger partial charge in [0.15, 0.2) is 0 Å². The summed E-state index contributed by atoms with van der Waals surface area (Å²) in [6.45, 7) is 3.88. The minimum Gasteiger partial charge on any atom is -0.460 e. The summed E-state index contributed by atoms with van der Waals surface area (Å²) >= 11 is 0. The van der Waals surface area contributed by atoms with E-state index in [0.717, 1.165) is 36.5 Å². The van der Waals surface area contributed by atoms with Crippen LogP contribution in [0.15, 0.2) is 40.8 Å². The summed E-state index contributed by atoms with van der Waals surface area (Å²) in [5.41, 5.74) is 0.870. The SMILES string of the molecule is CCC(CCO)CNCc1ccc(-c2ccc(F)cc2)o1. The molecule has 2 N–H and O–H groups in total. The summed E-state index contributed by atoms with van der Waals surface area (Å²) in [5.74, 6) is 1.84. The first-order valence-electron chi connectivity index (χ1n) is 7.39. The number of hydrogen-bond acceptors (Lipinski definition) is 3. The highest BCUT2D eigenvalue weighted by molar-refractivity contribution is 5.57. The van der Waals surface area contributed by atoms with Crippen LogP contribution in [-0.2, 0) is 6.54 Å². The Morgan fingerprint density at radius 1 is 1.19 bits per heavy atom. The lowest BCUT2D eigenvalue weighted by Gasteiger charge is -2.13. The number of aliphatic hydroxyl groups excluding tert-OH is 1. The second kappa shape index (κ2) is 7.96. The van der Waals surface area contributed by atoms with E-state index in [-0.39, 0.29) is 12.4 Å². The monoisotopic (exact) mass is 291 g/mol. The van der Waals surface area contributed by atoms with E-state index in [1.54, 1.807) is 12.1 Å². The molecule has 0 spiro atoms. The molecule has 1 unspecified atom stereocenters. The van der Waals surface area contributed by atoms with Crippen molar-refractivity contribution in [1.82, 2.24) is 5.32 Å². The van der Waals surface area contributed by atoms with Crippen molar-refractivity contribution in [2.24, 2.45) is 5.92 Å². The fourth-order valence-electron chi connectivity index (χ4n) is 2.27. The molecular weight excluding hydrogens is 269 g/mol. The molecule has 0 radical (unpaired) electrons. The Bertz CT molecular complexity index is 536. The topological polar surface area (TPSA) is 45.4 Å². The largest absolute Gasteiger partial charge is 0.460 e. The molecular formula is C17H22FNO2. The van der Waals surface area contributed by atoms with Crippen LogP contribution in [0.1, 0.15) is 25.5 Å². The highest BCUT2D eigenvalue weighted by atomic mass is 19.1. The van der Waals surface area contributed by atoms with Crippen molar-refractivity contribution in [1.29, 1.82) is 0 Å². The van der Waals surface area contributed by atoms with Crippen LogP contribution in [0.5, 0.6) is 0 Å². The standard InChI is InChI=1S/C17H22FNO2/c1-2-13(9-10-20)11-19-12-16-7-8-17(21-16)14-3-5-15(18)6-4-14/h3-8,13,19-20H,2,9-12H2,1H3. The van der Waals surface area contributed by atoms with Gasteiger partial charge in [-0.05, 0) is 55.3 Å². The van der Waals surface area contributed by atoms with Gasteiger partial charge in [-0.25, -0.2) is 4.39 Å². The van der Waals surface area contributed by atoms with Gasteiger partial charge < -0.3 is 14.8 Å².